The number of hydrogen-bond acceptors (Lipinski definition) is 5. The summed E-state index contributed by atoms with van der Waals surface area (Å²) in [4.78, 5) is 18.7. The van der Waals surface area contributed by atoms with Crippen LogP contribution >= 0.6 is 0 Å². The zero-order valence-electron chi connectivity index (χ0n) is 13.7. The van der Waals surface area contributed by atoms with Gasteiger partial charge in [-0.3, -0.25) is 4.90 Å². The molecule has 2 aliphatic rings. The van der Waals surface area contributed by atoms with Crippen LogP contribution in [0.3, 0.4) is 0 Å². The minimum Gasteiger partial charge on any atom is -0.444 e. The highest BCUT2D eigenvalue weighted by Gasteiger charge is 2.35. The second kappa shape index (κ2) is 5.89. The van der Waals surface area contributed by atoms with Gasteiger partial charge in [0.1, 0.15) is 11.6 Å². The summed E-state index contributed by atoms with van der Waals surface area (Å²) in [5, 5.41) is 4.12. The monoisotopic (exact) mass is 307 g/mol. The van der Waals surface area contributed by atoms with Crippen LogP contribution in [0.25, 0.3) is 0 Å². The van der Waals surface area contributed by atoms with E-state index in [2.05, 4.69) is 10.1 Å². The normalized spacial score (nSPS) is 23.2. The van der Waals surface area contributed by atoms with E-state index < -0.39 is 5.60 Å². The number of aromatic nitrogens is 2. The van der Waals surface area contributed by atoms with Crippen LogP contribution in [0.4, 0.5) is 4.79 Å². The fraction of sp³-hybridized carbons (Fsp3) is 0.812. The highest BCUT2D eigenvalue weighted by atomic mass is 16.6. The molecule has 1 atom stereocenters. The van der Waals surface area contributed by atoms with Crippen LogP contribution in [0.15, 0.2) is 4.52 Å². The molecule has 1 amide bonds. The average molecular weight is 307 g/mol. The molecule has 1 aromatic heterocycles. The first kappa shape index (κ1) is 15.3. The van der Waals surface area contributed by atoms with E-state index in [1.807, 2.05) is 20.8 Å². The van der Waals surface area contributed by atoms with Crippen molar-refractivity contribution in [3.63, 3.8) is 0 Å². The summed E-state index contributed by atoms with van der Waals surface area (Å²) in [7, 11) is 0. The van der Waals surface area contributed by atoms with Crippen LogP contribution in [-0.4, -0.2) is 33.3 Å². The van der Waals surface area contributed by atoms with Crippen LogP contribution in [0.1, 0.15) is 83.0 Å². The molecular formula is C16H25N3O3. The van der Waals surface area contributed by atoms with E-state index in [1.165, 1.54) is 6.42 Å². The van der Waals surface area contributed by atoms with Crippen molar-refractivity contribution in [1.82, 2.24) is 15.0 Å². The quantitative estimate of drug-likeness (QED) is 0.831. The van der Waals surface area contributed by atoms with Crippen molar-refractivity contribution >= 4 is 6.09 Å². The number of carbonyl (C=O) groups is 1. The fourth-order valence-electron chi connectivity index (χ4n) is 2.94. The first-order chi connectivity index (χ1) is 10.4. The molecule has 122 valence electrons. The largest absolute Gasteiger partial charge is 0.444 e. The highest BCUT2D eigenvalue weighted by Crippen LogP contribution is 2.37. The van der Waals surface area contributed by atoms with Gasteiger partial charge in [-0.25, -0.2) is 4.79 Å². The van der Waals surface area contributed by atoms with Crippen molar-refractivity contribution in [2.24, 2.45) is 0 Å². The lowest BCUT2D eigenvalue weighted by molar-refractivity contribution is 0.00538. The molecule has 2 fully saturated rings. The first-order valence-electron chi connectivity index (χ1n) is 8.27. The molecule has 0 unspecified atom stereocenters. The molecule has 0 spiro atoms. The zero-order chi connectivity index (χ0) is 15.7. The average Bonchev–Trinajstić information content (AvgIpc) is 2.84. The van der Waals surface area contributed by atoms with E-state index in [0.717, 1.165) is 37.9 Å². The standard InChI is InChI=1S/C16H25N3O3/c1-16(2,3)21-15(20)19-10-5-4-9-12(19)14-17-13(18-22-14)11-7-6-8-11/h11-12H,4-10H2,1-3H3/t12-/m0/s1. The minimum absolute atomic E-state index is 0.148. The van der Waals surface area contributed by atoms with Gasteiger partial charge < -0.3 is 9.26 Å². The van der Waals surface area contributed by atoms with E-state index in [0.29, 0.717) is 18.4 Å². The van der Waals surface area contributed by atoms with E-state index in [-0.39, 0.29) is 12.1 Å². The fourth-order valence-corrected chi connectivity index (χ4v) is 2.94. The summed E-state index contributed by atoms with van der Waals surface area (Å²) in [6, 6.07) is -0.148. The Morgan fingerprint density at radius 1 is 1.23 bits per heavy atom. The number of hydrogen-bond donors (Lipinski definition) is 0. The summed E-state index contributed by atoms with van der Waals surface area (Å²) in [6.07, 6.45) is 6.12. The predicted molar refractivity (Wildman–Crippen MR) is 80.4 cm³/mol. The van der Waals surface area contributed by atoms with Gasteiger partial charge in [-0.2, -0.15) is 4.98 Å². The van der Waals surface area contributed by atoms with Crippen LogP contribution in [0.5, 0.6) is 0 Å². The molecule has 2 heterocycles. The SMILES string of the molecule is CC(C)(C)OC(=O)N1CCCC[C@H]1c1nc(C2CCC2)no1. The van der Waals surface area contributed by atoms with Gasteiger partial charge in [-0.1, -0.05) is 11.6 Å². The molecule has 0 N–H and O–H groups in total. The van der Waals surface area contributed by atoms with Crippen LogP contribution in [0.2, 0.25) is 0 Å². The summed E-state index contributed by atoms with van der Waals surface area (Å²) >= 11 is 0. The van der Waals surface area contributed by atoms with Gasteiger partial charge >= 0.3 is 6.09 Å². The molecule has 0 aromatic carbocycles. The smallest absolute Gasteiger partial charge is 0.410 e. The highest BCUT2D eigenvalue weighted by molar-refractivity contribution is 5.68. The minimum atomic E-state index is -0.495. The van der Waals surface area contributed by atoms with Gasteiger partial charge in [0.25, 0.3) is 0 Å². The van der Waals surface area contributed by atoms with Crippen LogP contribution in [0, 0.1) is 0 Å². The Bertz CT molecular complexity index is 531. The Morgan fingerprint density at radius 3 is 2.64 bits per heavy atom. The van der Waals surface area contributed by atoms with E-state index >= 15 is 0 Å². The Morgan fingerprint density at radius 2 is 2.00 bits per heavy atom. The third-order valence-electron chi connectivity index (χ3n) is 4.34. The number of rotatable bonds is 2. The molecule has 6 nitrogen and oxygen atoms in total. The third kappa shape index (κ3) is 3.25. The molecule has 0 bridgehead atoms. The molecule has 1 saturated carbocycles. The number of carbonyl (C=O) groups excluding carboxylic acids is 1. The lowest BCUT2D eigenvalue weighted by Crippen LogP contribution is -2.42. The van der Waals surface area contributed by atoms with Crippen molar-refractivity contribution in [2.45, 2.75) is 76.9 Å². The number of piperidine rings is 1. The van der Waals surface area contributed by atoms with Crippen molar-refractivity contribution in [2.75, 3.05) is 6.54 Å². The van der Waals surface area contributed by atoms with Crippen LogP contribution in [-0.2, 0) is 4.74 Å². The van der Waals surface area contributed by atoms with E-state index in [1.54, 1.807) is 4.90 Å². The zero-order valence-corrected chi connectivity index (χ0v) is 13.7. The van der Waals surface area contributed by atoms with Crippen molar-refractivity contribution in [3.05, 3.63) is 11.7 Å². The molecule has 1 aliphatic heterocycles. The molecule has 1 saturated heterocycles. The number of likely N-dealkylation sites (tertiary alicyclic amines) is 1. The van der Waals surface area contributed by atoms with Crippen molar-refractivity contribution in [3.8, 4) is 0 Å². The van der Waals surface area contributed by atoms with Crippen LogP contribution < -0.4 is 0 Å². The number of nitrogens with zero attached hydrogens (tertiary/aromatic N) is 3. The van der Waals surface area contributed by atoms with Crippen molar-refractivity contribution < 1.29 is 14.1 Å². The molecule has 22 heavy (non-hydrogen) atoms. The molecule has 1 aromatic rings. The molecule has 3 rings (SSSR count). The van der Waals surface area contributed by atoms with Gasteiger partial charge in [-0.05, 0) is 52.9 Å². The summed E-state index contributed by atoms with van der Waals surface area (Å²) in [6.45, 7) is 6.32. The van der Waals surface area contributed by atoms with Gasteiger partial charge in [0.15, 0.2) is 5.82 Å². The van der Waals surface area contributed by atoms with Gasteiger partial charge in [0.05, 0.1) is 0 Å². The van der Waals surface area contributed by atoms with E-state index in [9.17, 15) is 4.79 Å². The Kier molecular flexibility index (Phi) is 4.10. The summed E-state index contributed by atoms with van der Waals surface area (Å²) in [5.41, 5.74) is -0.495. The van der Waals surface area contributed by atoms with E-state index in [4.69, 9.17) is 9.26 Å². The molecular weight excluding hydrogens is 282 g/mol. The second-order valence-electron chi connectivity index (χ2n) is 7.30. The predicted octanol–water partition coefficient (Wildman–Crippen LogP) is 3.80. The maximum Gasteiger partial charge on any atom is 0.410 e. The maximum absolute atomic E-state index is 12.4. The van der Waals surface area contributed by atoms with Gasteiger partial charge in [0, 0.05) is 12.5 Å². The number of ether oxygens (including phenoxy) is 1. The molecule has 6 heteroatoms. The Hall–Kier alpha value is -1.59. The first-order valence-corrected chi connectivity index (χ1v) is 8.27. The third-order valence-corrected chi connectivity index (χ3v) is 4.34. The molecule has 1 aliphatic carbocycles. The summed E-state index contributed by atoms with van der Waals surface area (Å²) < 4.78 is 11.0. The number of amides is 1. The lowest BCUT2D eigenvalue weighted by Gasteiger charge is -2.34. The second-order valence-corrected chi connectivity index (χ2v) is 7.30. The lowest BCUT2D eigenvalue weighted by atomic mass is 9.85. The molecule has 0 radical (unpaired) electrons. The maximum atomic E-state index is 12.4. The summed E-state index contributed by atoms with van der Waals surface area (Å²) in [5.74, 6) is 1.81. The van der Waals surface area contributed by atoms with Crippen molar-refractivity contribution in [1.29, 1.82) is 0 Å². The Labute approximate surface area is 131 Å². The van der Waals surface area contributed by atoms with Gasteiger partial charge in [-0.15, -0.1) is 0 Å². The topological polar surface area (TPSA) is 68.5 Å². The van der Waals surface area contributed by atoms with Gasteiger partial charge in [0.2, 0.25) is 5.89 Å². The Balaban J connectivity index is 1.74.